The third-order valence-corrected chi connectivity index (χ3v) is 4.33. The van der Waals surface area contributed by atoms with Crippen molar-refractivity contribution < 1.29 is 14.3 Å². The van der Waals surface area contributed by atoms with Gasteiger partial charge in [0.15, 0.2) is 11.5 Å². The number of benzene rings is 3. The first kappa shape index (κ1) is 19.5. The Balaban J connectivity index is 1.88. The Bertz CT molecular complexity index is 868. The van der Waals surface area contributed by atoms with Gasteiger partial charge in [0.2, 0.25) is 0 Å². The van der Waals surface area contributed by atoms with Gasteiger partial charge in [0.1, 0.15) is 0 Å². The Hall–Kier alpha value is -3.27. The zero-order chi connectivity index (χ0) is 19.9. The molecule has 144 valence electrons. The molecule has 1 N–H and O–H groups in total. The van der Waals surface area contributed by atoms with Crippen LogP contribution in [0.5, 0.6) is 11.5 Å². The van der Waals surface area contributed by atoms with Gasteiger partial charge in [0.05, 0.1) is 19.3 Å². The van der Waals surface area contributed by atoms with Crippen molar-refractivity contribution in [2.24, 2.45) is 0 Å². The molecule has 0 radical (unpaired) electrons. The first-order valence-electron chi connectivity index (χ1n) is 9.34. The maximum absolute atomic E-state index is 13.0. The quantitative estimate of drug-likeness (QED) is 0.632. The standard InChI is InChI=1S/C24H25NO3/c1-17(2)28-21-15-14-20(16-22(21)27-3)24(26)25-23(18-10-6-4-7-11-18)19-12-8-5-9-13-19/h4-17,23H,1-3H3,(H,25,26). The molecular formula is C24H25NO3. The number of amides is 1. The van der Waals surface area contributed by atoms with E-state index in [2.05, 4.69) is 5.32 Å². The molecule has 4 nitrogen and oxygen atoms in total. The number of hydrogen-bond donors (Lipinski definition) is 1. The van der Waals surface area contributed by atoms with Crippen molar-refractivity contribution in [1.82, 2.24) is 5.32 Å². The summed E-state index contributed by atoms with van der Waals surface area (Å²) in [6.07, 6.45) is 0.0223. The Morgan fingerprint density at radius 3 is 1.89 bits per heavy atom. The summed E-state index contributed by atoms with van der Waals surface area (Å²) in [5, 5.41) is 3.14. The highest BCUT2D eigenvalue weighted by atomic mass is 16.5. The SMILES string of the molecule is COc1cc(C(=O)NC(c2ccccc2)c2ccccc2)ccc1OC(C)C. The fraction of sp³-hybridized carbons (Fsp3) is 0.208. The number of nitrogens with one attached hydrogen (secondary N) is 1. The first-order chi connectivity index (χ1) is 13.6. The fourth-order valence-electron chi connectivity index (χ4n) is 3.02. The van der Waals surface area contributed by atoms with Crippen LogP contribution in [-0.2, 0) is 0 Å². The highest BCUT2D eigenvalue weighted by Gasteiger charge is 2.19. The van der Waals surface area contributed by atoms with Crippen LogP contribution in [-0.4, -0.2) is 19.1 Å². The lowest BCUT2D eigenvalue weighted by Gasteiger charge is -2.20. The van der Waals surface area contributed by atoms with Crippen LogP contribution in [0, 0.1) is 0 Å². The zero-order valence-electron chi connectivity index (χ0n) is 16.4. The summed E-state index contributed by atoms with van der Waals surface area (Å²) >= 11 is 0. The van der Waals surface area contributed by atoms with Crippen LogP contribution in [0.15, 0.2) is 78.9 Å². The topological polar surface area (TPSA) is 47.6 Å². The van der Waals surface area contributed by atoms with Crippen LogP contribution >= 0.6 is 0 Å². The van der Waals surface area contributed by atoms with Crippen molar-refractivity contribution in [3.8, 4) is 11.5 Å². The lowest BCUT2D eigenvalue weighted by Crippen LogP contribution is -2.29. The Morgan fingerprint density at radius 1 is 0.821 bits per heavy atom. The van der Waals surface area contributed by atoms with Gasteiger partial charge in [-0.3, -0.25) is 4.79 Å². The number of carbonyl (C=O) groups excluding carboxylic acids is 1. The van der Waals surface area contributed by atoms with Crippen molar-refractivity contribution in [1.29, 1.82) is 0 Å². The molecule has 3 aromatic carbocycles. The summed E-state index contributed by atoms with van der Waals surface area (Å²) in [5.41, 5.74) is 2.56. The number of rotatable bonds is 7. The van der Waals surface area contributed by atoms with Crippen molar-refractivity contribution in [2.45, 2.75) is 26.0 Å². The second kappa shape index (κ2) is 9.09. The van der Waals surface area contributed by atoms with Crippen LogP contribution in [0.25, 0.3) is 0 Å². The van der Waals surface area contributed by atoms with Gasteiger partial charge in [0, 0.05) is 5.56 Å². The van der Waals surface area contributed by atoms with E-state index in [-0.39, 0.29) is 18.1 Å². The van der Waals surface area contributed by atoms with E-state index in [1.807, 2.05) is 74.5 Å². The minimum absolute atomic E-state index is 0.0223. The second-order valence-electron chi connectivity index (χ2n) is 6.76. The molecule has 4 heteroatoms. The van der Waals surface area contributed by atoms with Gasteiger partial charge in [-0.25, -0.2) is 0 Å². The molecular weight excluding hydrogens is 350 g/mol. The van der Waals surface area contributed by atoms with Crippen molar-refractivity contribution in [2.75, 3.05) is 7.11 Å². The van der Waals surface area contributed by atoms with Crippen LogP contribution < -0.4 is 14.8 Å². The van der Waals surface area contributed by atoms with E-state index in [1.165, 1.54) is 0 Å². The number of carbonyl (C=O) groups is 1. The van der Waals surface area contributed by atoms with Gasteiger partial charge in [-0.2, -0.15) is 0 Å². The van der Waals surface area contributed by atoms with Gasteiger partial charge < -0.3 is 14.8 Å². The predicted molar refractivity (Wildman–Crippen MR) is 111 cm³/mol. The molecule has 0 atom stereocenters. The summed E-state index contributed by atoms with van der Waals surface area (Å²) in [6.45, 7) is 3.90. The van der Waals surface area contributed by atoms with Gasteiger partial charge in [0.25, 0.3) is 5.91 Å². The molecule has 3 aromatic rings. The Kier molecular flexibility index (Phi) is 6.33. The monoisotopic (exact) mass is 375 g/mol. The molecule has 28 heavy (non-hydrogen) atoms. The van der Waals surface area contributed by atoms with E-state index in [4.69, 9.17) is 9.47 Å². The van der Waals surface area contributed by atoms with Crippen molar-refractivity contribution in [3.63, 3.8) is 0 Å². The molecule has 0 heterocycles. The van der Waals surface area contributed by atoms with E-state index in [0.29, 0.717) is 17.1 Å². The summed E-state index contributed by atoms with van der Waals surface area (Å²) in [6, 6.07) is 24.8. The number of methoxy groups -OCH3 is 1. The zero-order valence-corrected chi connectivity index (χ0v) is 16.4. The third kappa shape index (κ3) is 4.71. The summed E-state index contributed by atoms with van der Waals surface area (Å²) in [5.74, 6) is 0.987. The lowest BCUT2D eigenvalue weighted by molar-refractivity contribution is 0.0942. The highest BCUT2D eigenvalue weighted by Crippen LogP contribution is 2.29. The molecule has 0 unspecified atom stereocenters. The maximum atomic E-state index is 13.0. The van der Waals surface area contributed by atoms with Crippen LogP contribution in [0.2, 0.25) is 0 Å². The molecule has 0 fully saturated rings. The second-order valence-corrected chi connectivity index (χ2v) is 6.76. The average molecular weight is 375 g/mol. The van der Waals surface area contributed by atoms with Crippen molar-refractivity contribution in [3.05, 3.63) is 95.6 Å². The van der Waals surface area contributed by atoms with E-state index in [0.717, 1.165) is 11.1 Å². The summed E-state index contributed by atoms with van der Waals surface area (Å²) < 4.78 is 11.1. The Morgan fingerprint density at radius 2 is 1.39 bits per heavy atom. The molecule has 0 aromatic heterocycles. The fourth-order valence-corrected chi connectivity index (χ4v) is 3.02. The average Bonchev–Trinajstić information content (AvgIpc) is 2.73. The number of ether oxygens (including phenoxy) is 2. The van der Waals surface area contributed by atoms with E-state index < -0.39 is 0 Å². The van der Waals surface area contributed by atoms with Gasteiger partial charge in [-0.05, 0) is 43.2 Å². The summed E-state index contributed by atoms with van der Waals surface area (Å²) in [4.78, 5) is 13.0. The minimum atomic E-state index is -0.243. The molecule has 0 aliphatic heterocycles. The molecule has 0 aliphatic rings. The maximum Gasteiger partial charge on any atom is 0.252 e. The first-order valence-corrected chi connectivity index (χ1v) is 9.34. The van der Waals surface area contributed by atoms with E-state index in [1.54, 1.807) is 25.3 Å². The van der Waals surface area contributed by atoms with Crippen LogP contribution in [0.1, 0.15) is 41.4 Å². The van der Waals surface area contributed by atoms with Crippen LogP contribution in [0.3, 0.4) is 0 Å². The number of hydrogen-bond acceptors (Lipinski definition) is 3. The van der Waals surface area contributed by atoms with E-state index >= 15 is 0 Å². The van der Waals surface area contributed by atoms with E-state index in [9.17, 15) is 4.79 Å². The molecule has 0 saturated heterocycles. The van der Waals surface area contributed by atoms with Gasteiger partial charge in [-0.15, -0.1) is 0 Å². The van der Waals surface area contributed by atoms with Gasteiger partial charge >= 0.3 is 0 Å². The lowest BCUT2D eigenvalue weighted by atomic mass is 9.98. The normalized spacial score (nSPS) is 10.8. The van der Waals surface area contributed by atoms with Crippen LogP contribution in [0.4, 0.5) is 0 Å². The van der Waals surface area contributed by atoms with Gasteiger partial charge in [-0.1, -0.05) is 60.7 Å². The Labute approximate surface area is 166 Å². The minimum Gasteiger partial charge on any atom is -0.493 e. The van der Waals surface area contributed by atoms with Crippen molar-refractivity contribution >= 4 is 5.91 Å². The molecule has 0 spiro atoms. The highest BCUT2D eigenvalue weighted by molar-refractivity contribution is 5.95. The molecule has 0 bridgehead atoms. The summed E-state index contributed by atoms with van der Waals surface area (Å²) in [7, 11) is 1.57. The molecule has 0 saturated carbocycles. The largest absolute Gasteiger partial charge is 0.493 e. The molecule has 3 rings (SSSR count). The third-order valence-electron chi connectivity index (χ3n) is 4.33. The molecule has 0 aliphatic carbocycles. The smallest absolute Gasteiger partial charge is 0.252 e. The molecule has 1 amide bonds. The predicted octanol–water partition coefficient (Wildman–Crippen LogP) is 5.00.